The topological polar surface area (TPSA) is 215 Å². The van der Waals surface area contributed by atoms with Gasteiger partial charge in [0.15, 0.2) is 47.3 Å². The van der Waals surface area contributed by atoms with Gasteiger partial charge < -0.3 is 47.4 Å². The SMILES string of the molecule is CCCC(=O)OC1/C(C)=C\[C@@H]2OC(=O)[C@]3(C)O[C@]23C(OC(C)=O)[C@@H]2[C@](C)(C=C[C@@H](OC(=O)[C@@](OC)(c3ccccc3)C(F)(F)F)[C@@]2(C)OC(=O)[C@@](OC)(c2ccccc2)C(F)(F)F)[C@@H](OC(C)=O)[C@@H]1OC(C)=O. The molecule has 0 N–H and O–H groups in total. The molecule has 6 rings (SSSR count). The quantitative estimate of drug-likeness (QED) is 0.0647. The van der Waals surface area contributed by atoms with Crippen molar-refractivity contribution in [1.82, 2.24) is 0 Å². The summed E-state index contributed by atoms with van der Waals surface area (Å²) in [5.41, 5.74) is -20.1. The molecule has 17 nitrogen and oxygen atoms in total. The maximum absolute atomic E-state index is 15.9. The van der Waals surface area contributed by atoms with Crippen molar-refractivity contribution >= 4 is 41.8 Å². The second-order valence-electron chi connectivity index (χ2n) is 18.6. The lowest BCUT2D eigenvalue weighted by molar-refractivity contribution is -0.298. The Kier molecular flexibility index (Phi) is 15.2. The molecular weight excluding hydrogens is 987 g/mol. The summed E-state index contributed by atoms with van der Waals surface area (Å²) >= 11 is 0. The van der Waals surface area contributed by atoms with Gasteiger partial charge in [0.2, 0.25) is 0 Å². The third kappa shape index (κ3) is 9.14. The molecule has 0 aromatic heterocycles. The minimum Gasteiger partial charge on any atom is -0.459 e. The largest absolute Gasteiger partial charge is 0.459 e. The first kappa shape index (κ1) is 56.0. The van der Waals surface area contributed by atoms with E-state index in [2.05, 4.69) is 0 Å². The van der Waals surface area contributed by atoms with E-state index in [1.165, 1.54) is 39.0 Å². The minimum absolute atomic E-state index is 0.0453. The first-order valence-electron chi connectivity index (χ1n) is 22.7. The lowest BCUT2D eigenvalue weighted by atomic mass is 9.54. The van der Waals surface area contributed by atoms with E-state index in [0.717, 1.165) is 88.4 Å². The standard InChI is InChI=1S/C50H54F6O17/c1-11-18-34(60)71-35-26(2)25-33-48(45(8,73-48)40(61)70-33)39(68-29(5)59)37-43(6,38(67-28(4)58)36(35)66-27(3)57)24-23-32(69-41(62)46(64-9,49(51,52)53)30-19-14-12-15-20-30)44(37,7)72-42(63)47(65-10,50(54,55)56)31-21-16-13-17-22-31/h12-17,19-25,32-33,35-39H,11,18H2,1-10H3/b26-25-/t32-,33+,35?,36-,37-,38+,39?,43+,44-,45+,46+,47+,48+/m1/s1. The number of fused-ring (bicyclic) bond motifs is 1. The van der Waals surface area contributed by atoms with E-state index in [-0.39, 0.29) is 18.4 Å². The van der Waals surface area contributed by atoms with Crippen molar-refractivity contribution in [3.05, 3.63) is 95.6 Å². The molecule has 2 aliphatic carbocycles. The van der Waals surface area contributed by atoms with Crippen LogP contribution in [0.3, 0.4) is 0 Å². The van der Waals surface area contributed by atoms with E-state index in [9.17, 15) is 28.8 Å². The number of carbonyl (C=O) groups excluding carboxylic acids is 7. The highest BCUT2D eigenvalue weighted by Gasteiger charge is 2.88. The van der Waals surface area contributed by atoms with Crippen LogP contribution in [0.1, 0.15) is 79.4 Å². The van der Waals surface area contributed by atoms with Crippen molar-refractivity contribution in [1.29, 1.82) is 0 Å². The van der Waals surface area contributed by atoms with Crippen molar-refractivity contribution in [2.45, 2.75) is 145 Å². The van der Waals surface area contributed by atoms with Crippen LogP contribution in [0.4, 0.5) is 26.3 Å². The summed E-state index contributed by atoms with van der Waals surface area (Å²) in [6.45, 7) is 8.84. The third-order valence-corrected chi connectivity index (χ3v) is 13.9. The summed E-state index contributed by atoms with van der Waals surface area (Å²) in [5, 5.41) is 0. The number of hydrogen-bond acceptors (Lipinski definition) is 17. The Morgan fingerprint density at radius 2 is 1.18 bits per heavy atom. The number of hydrogen-bond donors (Lipinski definition) is 0. The molecule has 0 bridgehead atoms. The Morgan fingerprint density at radius 3 is 1.63 bits per heavy atom. The van der Waals surface area contributed by atoms with Crippen LogP contribution in [0.25, 0.3) is 0 Å². The summed E-state index contributed by atoms with van der Waals surface area (Å²) in [4.78, 5) is 97.8. The molecule has 398 valence electrons. The highest BCUT2D eigenvalue weighted by molar-refractivity contribution is 5.89. The average molecular weight is 1040 g/mol. The average Bonchev–Trinajstić information content (AvgIpc) is 3.88. The van der Waals surface area contributed by atoms with Gasteiger partial charge in [0.25, 0.3) is 11.2 Å². The zero-order valence-corrected chi connectivity index (χ0v) is 41.2. The van der Waals surface area contributed by atoms with Crippen LogP contribution < -0.4 is 0 Å². The second kappa shape index (κ2) is 19.8. The van der Waals surface area contributed by atoms with E-state index in [0.29, 0.717) is 14.2 Å². The lowest BCUT2D eigenvalue weighted by Crippen LogP contribution is -2.71. The molecule has 2 aromatic carbocycles. The van der Waals surface area contributed by atoms with Crippen LogP contribution in [-0.2, 0) is 92.1 Å². The highest BCUT2D eigenvalue weighted by atomic mass is 19.4. The van der Waals surface area contributed by atoms with Crippen molar-refractivity contribution in [2.75, 3.05) is 14.2 Å². The molecular formula is C50H54F6O17. The highest BCUT2D eigenvalue weighted by Crippen LogP contribution is 2.66. The Balaban J connectivity index is 1.79. The number of alkyl halides is 6. The first-order valence-corrected chi connectivity index (χ1v) is 22.7. The van der Waals surface area contributed by atoms with Crippen molar-refractivity contribution in [3.8, 4) is 0 Å². The van der Waals surface area contributed by atoms with Crippen molar-refractivity contribution in [2.24, 2.45) is 11.3 Å². The molecule has 23 heteroatoms. The zero-order chi connectivity index (χ0) is 54.5. The Labute approximate surface area is 414 Å². The Hall–Kier alpha value is -6.33. The van der Waals surface area contributed by atoms with Gasteiger partial charge in [-0.25, -0.2) is 14.4 Å². The summed E-state index contributed by atoms with van der Waals surface area (Å²) in [7, 11) is 1.04. The number of benzene rings is 2. The number of epoxide rings is 1. The van der Waals surface area contributed by atoms with E-state index < -0.39 is 141 Å². The molecule has 2 saturated heterocycles. The number of rotatable bonds is 14. The Morgan fingerprint density at radius 1 is 0.685 bits per heavy atom. The van der Waals surface area contributed by atoms with Gasteiger partial charge in [0.1, 0.15) is 6.10 Å². The fourth-order valence-electron chi connectivity index (χ4n) is 10.6. The van der Waals surface area contributed by atoms with Gasteiger partial charge >= 0.3 is 54.1 Å². The summed E-state index contributed by atoms with van der Waals surface area (Å²) < 4.78 is 152. The van der Waals surface area contributed by atoms with Gasteiger partial charge in [-0.1, -0.05) is 80.6 Å². The molecule has 73 heavy (non-hydrogen) atoms. The molecule has 2 aliphatic heterocycles. The molecule has 0 amide bonds. The summed E-state index contributed by atoms with van der Waals surface area (Å²) in [6, 6.07) is 10.6. The zero-order valence-electron chi connectivity index (χ0n) is 41.2. The van der Waals surface area contributed by atoms with E-state index >= 15 is 31.1 Å². The van der Waals surface area contributed by atoms with E-state index in [1.54, 1.807) is 6.92 Å². The fourth-order valence-corrected chi connectivity index (χ4v) is 10.6. The Bertz CT molecular complexity index is 2550. The summed E-state index contributed by atoms with van der Waals surface area (Å²) in [5.74, 6) is -12.5. The lowest BCUT2D eigenvalue weighted by Gasteiger charge is -2.57. The van der Waals surface area contributed by atoms with Gasteiger partial charge in [-0.2, -0.15) is 26.3 Å². The molecule has 4 aliphatic rings. The van der Waals surface area contributed by atoms with E-state index in [4.69, 9.17) is 47.4 Å². The molecule has 13 atom stereocenters. The predicted octanol–water partition coefficient (Wildman–Crippen LogP) is 6.52. The summed E-state index contributed by atoms with van der Waals surface area (Å²) in [6.07, 6.45) is -21.0. The van der Waals surface area contributed by atoms with Gasteiger partial charge in [-0.3, -0.25) is 19.2 Å². The molecule has 2 fully saturated rings. The van der Waals surface area contributed by atoms with E-state index in [1.807, 2.05) is 0 Å². The number of halogens is 6. The molecule has 2 aromatic rings. The van der Waals surface area contributed by atoms with Crippen LogP contribution in [0.2, 0.25) is 0 Å². The van der Waals surface area contributed by atoms with Gasteiger partial charge in [-0.05, 0) is 44.9 Å². The van der Waals surface area contributed by atoms with Crippen molar-refractivity contribution in [3.63, 3.8) is 0 Å². The molecule has 0 saturated carbocycles. The van der Waals surface area contributed by atoms with Gasteiger partial charge in [0.05, 0.1) is 5.92 Å². The molecule has 0 radical (unpaired) electrons. The van der Waals surface area contributed by atoms with Crippen molar-refractivity contribution < 1.29 is 107 Å². The molecule has 1 spiro atoms. The number of ether oxygens (including phenoxy) is 10. The second-order valence-corrected chi connectivity index (χ2v) is 18.6. The number of esters is 7. The smallest absolute Gasteiger partial charge is 0.432 e. The number of methoxy groups -OCH3 is 2. The molecule has 2 unspecified atom stereocenters. The van der Waals surface area contributed by atoms with Crippen LogP contribution in [0.15, 0.2) is 84.5 Å². The minimum atomic E-state index is -5.75. The normalized spacial score (nSPS) is 33.0. The van der Waals surface area contributed by atoms with Crippen LogP contribution in [0.5, 0.6) is 0 Å². The maximum atomic E-state index is 15.9. The molecule has 2 heterocycles. The number of carbonyl (C=O) groups is 7. The first-order chi connectivity index (χ1) is 33.9. The predicted molar refractivity (Wildman–Crippen MR) is 235 cm³/mol. The maximum Gasteiger partial charge on any atom is 0.432 e. The van der Waals surface area contributed by atoms with Gasteiger partial charge in [0, 0.05) is 58.0 Å². The van der Waals surface area contributed by atoms with Crippen LogP contribution in [-0.4, -0.2) is 122 Å². The monoisotopic (exact) mass is 1040 g/mol. The van der Waals surface area contributed by atoms with Crippen LogP contribution >= 0.6 is 0 Å². The fraction of sp³-hybridized carbons (Fsp3) is 0.540. The van der Waals surface area contributed by atoms with Gasteiger partial charge in [-0.15, -0.1) is 0 Å². The van der Waals surface area contributed by atoms with Crippen LogP contribution in [0, 0.1) is 11.3 Å². The third-order valence-electron chi connectivity index (χ3n) is 13.9.